The summed E-state index contributed by atoms with van der Waals surface area (Å²) in [6, 6.07) is 4.76. The summed E-state index contributed by atoms with van der Waals surface area (Å²) in [6.07, 6.45) is 0. The summed E-state index contributed by atoms with van der Waals surface area (Å²) in [5.74, 6) is 0.625. The van der Waals surface area contributed by atoms with Crippen molar-refractivity contribution in [2.75, 3.05) is 6.61 Å². The number of hydrogen-bond acceptors (Lipinski definition) is 4. The molecule has 1 unspecified atom stereocenters. The lowest BCUT2D eigenvalue weighted by Crippen LogP contribution is -2.02. The van der Waals surface area contributed by atoms with E-state index in [4.69, 9.17) is 16.7 Å². The molecular weight excluding hydrogens is 250 g/mol. The maximum absolute atomic E-state index is 10.6. The van der Waals surface area contributed by atoms with E-state index in [1.807, 2.05) is 6.92 Å². The van der Waals surface area contributed by atoms with Crippen molar-refractivity contribution < 1.29 is 10.0 Å². The average Bonchev–Trinajstić information content (AvgIpc) is 2.27. The Morgan fingerprint density at radius 3 is 2.88 bits per heavy atom. The van der Waals surface area contributed by atoms with Gasteiger partial charge in [-0.05, 0) is 11.6 Å². The Morgan fingerprint density at radius 2 is 2.31 bits per heavy atom. The zero-order valence-electron chi connectivity index (χ0n) is 8.72. The molecule has 6 heteroatoms. The number of aliphatic hydroxyl groups excluding tert-OH is 1. The van der Waals surface area contributed by atoms with Gasteiger partial charge in [-0.1, -0.05) is 24.6 Å². The molecule has 16 heavy (non-hydrogen) atoms. The van der Waals surface area contributed by atoms with Gasteiger partial charge in [0.15, 0.2) is 0 Å². The summed E-state index contributed by atoms with van der Waals surface area (Å²) in [7, 11) is 0. The average molecular weight is 262 g/mol. The number of thioether (sulfide) groups is 1. The normalized spacial score (nSPS) is 12.4. The van der Waals surface area contributed by atoms with Crippen LogP contribution in [0.3, 0.4) is 0 Å². The van der Waals surface area contributed by atoms with E-state index < -0.39 is 4.92 Å². The molecule has 0 aliphatic carbocycles. The van der Waals surface area contributed by atoms with E-state index in [1.165, 1.54) is 12.1 Å². The minimum Gasteiger partial charge on any atom is -0.395 e. The van der Waals surface area contributed by atoms with E-state index >= 15 is 0 Å². The van der Waals surface area contributed by atoms with Crippen molar-refractivity contribution >= 4 is 29.1 Å². The fourth-order valence-electron chi connectivity index (χ4n) is 1.08. The molecule has 1 atom stereocenters. The summed E-state index contributed by atoms with van der Waals surface area (Å²) in [5.41, 5.74) is 0.762. The van der Waals surface area contributed by atoms with Crippen molar-refractivity contribution in [1.29, 1.82) is 0 Å². The number of nitro benzene ring substituents is 1. The molecule has 1 aromatic rings. The van der Waals surface area contributed by atoms with Crippen LogP contribution in [-0.2, 0) is 5.75 Å². The summed E-state index contributed by atoms with van der Waals surface area (Å²) in [4.78, 5) is 10.1. The number of halogens is 1. The fraction of sp³-hybridized carbons (Fsp3) is 0.400. The first kappa shape index (κ1) is 13.3. The SMILES string of the molecule is CC(CO)SCc1ccc(Cl)c([N+](=O)[O-])c1. The highest BCUT2D eigenvalue weighted by molar-refractivity contribution is 7.99. The Labute approximate surface area is 103 Å². The molecule has 0 aliphatic heterocycles. The number of nitrogens with zero attached hydrogens (tertiary/aromatic N) is 1. The van der Waals surface area contributed by atoms with Crippen LogP contribution in [0, 0.1) is 10.1 Å². The molecule has 0 radical (unpaired) electrons. The van der Waals surface area contributed by atoms with E-state index in [0.29, 0.717) is 5.75 Å². The van der Waals surface area contributed by atoms with Crippen LogP contribution < -0.4 is 0 Å². The third-order valence-electron chi connectivity index (χ3n) is 2.00. The topological polar surface area (TPSA) is 63.4 Å². The summed E-state index contributed by atoms with van der Waals surface area (Å²) < 4.78 is 0. The van der Waals surface area contributed by atoms with Gasteiger partial charge in [0.1, 0.15) is 5.02 Å². The van der Waals surface area contributed by atoms with Crippen LogP contribution in [0.25, 0.3) is 0 Å². The highest BCUT2D eigenvalue weighted by Gasteiger charge is 2.13. The Bertz CT molecular complexity index is 386. The van der Waals surface area contributed by atoms with Gasteiger partial charge in [-0.15, -0.1) is 0 Å². The van der Waals surface area contributed by atoms with Gasteiger partial charge in [-0.25, -0.2) is 0 Å². The quantitative estimate of drug-likeness (QED) is 0.654. The van der Waals surface area contributed by atoms with Crippen molar-refractivity contribution in [3.05, 3.63) is 38.9 Å². The molecule has 0 spiro atoms. The Balaban J connectivity index is 2.75. The molecule has 0 fully saturated rings. The molecule has 1 N–H and O–H groups in total. The van der Waals surface area contributed by atoms with E-state index in [-0.39, 0.29) is 22.6 Å². The molecule has 1 aromatic carbocycles. The van der Waals surface area contributed by atoms with Crippen molar-refractivity contribution in [2.24, 2.45) is 0 Å². The monoisotopic (exact) mass is 261 g/mol. The van der Waals surface area contributed by atoms with Crippen molar-refractivity contribution in [2.45, 2.75) is 17.9 Å². The lowest BCUT2D eigenvalue weighted by Gasteiger charge is -2.07. The van der Waals surface area contributed by atoms with Crippen molar-refractivity contribution in [3.8, 4) is 0 Å². The Hall–Kier alpha value is -0.780. The van der Waals surface area contributed by atoms with Gasteiger partial charge < -0.3 is 5.11 Å². The molecule has 1 rings (SSSR count). The zero-order valence-corrected chi connectivity index (χ0v) is 10.3. The summed E-state index contributed by atoms with van der Waals surface area (Å²) in [5, 5.41) is 19.8. The third-order valence-corrected chi connectivity index (χ3v) is 3.54. The Kier molecular flexibility index (Phi) is 5.05. The maximum atomic E-state index is 10.6. The largest absolute Gasteiger partial charge is 0.395 e. The second-order valence-electron chi connectivity index (χ2n) is 3.35. The molecule has 0 heterocycles. The van der Waals surface area contributed by atoms with Gasteiger partial charge >= 0.3 is 0 Å². The predicted octanol–water partition coefficient (Wildman–Crippen LogP) is 2.86. The fourth-order valence-corrected chi connectivity index (χ4v) is 2.03. The molecule has 4 nitrogen and oxygen atoms in total. The molecule has 88 valence electrons. The number of nitro groups is 1. The highest BCUT2D eigenvalue weighted by Crippen LogP contribution is 2.27. The number of rotatable bonds is 5. The number of benzene rings is 1. The molecule has 0 saturated heterocycles. The maximum Gasteiger partial charge on any atom is 0.288 e. The van der Waals surface area contributed by atoms with Gasteiger partial charge in [0, 0.05) is 17.1 Å². The van der Waals surface area contributed by atoms with Gasteiger partial charge in [-0.3, -0.25) is 10.1 Å². The first-order valence-corrected chi connectivity index (χ1v) is 6.12. The highest BCUT2D eigenvalue weighted by atomic mass is 35.5. The molecule has 0 aromatic heterocycles. The van der Waals surface area contributed by atoms with E-state index in [9.17, 15) is 10.1 Å². The van der Waals surface area contributed by atoms with Crippen LogP contribution >= 0.6 is 23.4 Å². The van der Waals surface area contributed by atoms with Gasteiger partial charge in [0.05, 0.1) is 11.5 Å². The van der Waals surface area contributed by atoms with E-state index in [0.717, 1.165) is 5.56 Å². The molecule has 0 bridgehead atoms. The van der Waals surface area contributed by atoms with Gasteiger partial charge in [0.2, 0.25) is 0 Å². The molecule has 0 amide bonds. The number of hydrogen-bond donors (Lipinski definition) is 1. The second-order valence-corrected chi connectivity index (χ2v) is 5.18. The van der Waals surface area contributed by atoms with E-state index in [2.05, 4.69) is 0 Å². The number of aliphatic hydroxyl groups is 1. The predicted molar refractivity (Wildman–Crippen MR) is 65.9 cm³/mol. The minimum absolute atomic E-state index is 0.0728. The minimum atomic E-state index is -0.494. The zero-order chi connectivity index (χ0) is 12.1. The third kappa shape index (κ3) is 3.66. The van der Waals surface area contributed by atoms with Crippen LogP contribution in [0.4, 0.5) is 5.69 Å². The van der Waals surface area contributed by atoms with Crippen LogP contribution in [0.5, 0.6) is 0 Å². The van der Waals surface area contributed by atoms with Crippen LogP contribution in [0.15, 0.2) is 18.2 Å². The van der Waals surface area contributed by atoms with Gasteiger partial charge in [-0.2, -0.15) is 11.8 Å². The lowest BCUT2D eigenvalue weighted by atomic mass is 10.2. The Morgan fingerprint density at radius 1 is 1.62 bits per heavy atom. The molecular formula is C10H12ClNO3S. The first-order valence-electron chi connectivity index (χ1n) is 4.70. The summed E-state index contributed by atoms with van der Waals surface area (Å²) in [6.45, 7) is 2.00. The smallest absolute Gasteiger partial charge is 0.288 e. The standard InChI is InChI=1S/C10H12ClNO3S/c1-7(5-13)16-6-8-2-3-9(11)10(4-8)12(14)15/h2-4,7,13H,5-6H2,1H3. The molecule has 0 aliphatic rings. The van der Waals surface area contributed by atoms with Crippen LogP contribution in [-0.4, -0.2) is 21.9 Å². The lowest BCUT2D eigenvalue weighted by molar-refractivity contribution is -0.384. The van der Waals surface area contributed by atoms with Crippen molar-refractivity contribution in [1.82, 2.24) is 0 Å². The van der Waals surface area contributed by atoms with Gasteiger partial charge in [0.25, 0.3) is 5.69 Å². The van der Waals surface area contributed by atoms with Crippen LogP contribution in [0.2, 0.25) is 5.02 Å². The van der Waals surface area contributed by atoms with Crippen molar-refractivity contribution in [3.63, 3.8) is 0 Å². The molecule has 0 saturated carbocycles. The van der Waals surface area contributed by atoms with Crippen LogP contribution in [0.1, 0.15) is 12.5 Å². The second kappa shape index (κ2) is 6.08. The van der Waals surface area contributed by atoms with E-state index in [1.54, 1.807) is 17.8 Å². The first-order chi connectivity index (χ1) is 7.54. The summed E-state index contributed by atoms with van der Waals surface area (Å²) >= 11 is 7.23.